The predicted octanol–water partition coefficient (Wildman–Crippen LogP) is 3.65. The summed E-state index contributed by atoms with van der Waals surface area (Å²) >= 11 is 0. The fraction of sp³-hybridized carbons (Fsp3) is 0.588. The molecule has 1 unspecified atom stereocenters. The smallest absolute Gasteiger partial charge is 0.289 e. The molecule has 1 aliphatic rings. The Morgan fingerprint density at radius 3 is 2.52 bits per heavy atom. The van der Waals surface area contributed by atoms with Crippen molar-refractivity contribution in [2.75, 3.05) is 7.11 Å². The first-order valence-electron chi connectivity index (χ1n) is 7.97. The molecule has 1 atom stereocenters. The van der Waals surface area contributed by atoms with E-state index in [4.69, 9.17) is 10.5 Å². The minimum atomic E-state index is -3.21. The standard InChI is InChI=1S/C17H24F2N2O2/c1-23-14-9-7-13(8-10-14)21-15(16(20)22)17(18,19)11-3-2-4-12-5-6-12/h7-10,12,16,22H,2-6,11,20H2,1H3/b21-15+. The molecule has 6 heteroatoms. The predicted molar refractivity (Wildman–Crippen MR) is 86.4 cm³/mol. The second kappa shape index (κ2) is 7.84. The van der Waals surface area contributed by atoms with Crippen LogP contribution in [0.15, 0.2) is 29.3 Å². The summed E-state index contributed by atoms with van der Waals surface area (Å²) in [5.74, 6) is -1.88. The molecule has 1 aliphatic carbocycles. The topological polar surface area (TPSA) is 67.8 Å². The van der Waals surface area contributed by atoms with E-state index in [0.29, 0.717) is 17.9 Å². The zero-order valence-electron chi connectivity index (χ0n) is 13.3. The molecule has 3 N–H and O–H groups in total. The van der Waals surface area contributed by atoms with E-state index in [1.807, 2.05) is 0 Å². The largest absolute Gasteiger partial charge is 0.497 e. The summed E-state index contributed by atoms with van der Waals surface area (Å²) in [6.45, 7) is 0. The second-order valence-electron chi connectivity index (χ2n) is 6.03. The molecule has 0 aliphatic heterocycles. The number of benzene rings is 1. The van der Waals surface area contributed by atoms with Crippen LogP contribution in [0.5, 0.6) is 5.75 Å². The first-order valence-corrected chi connectivity index (χ1v) is 7.97. The third-order valence-electron chi connectivity index (χ3n) is 4.03. The van der Waals surface area contributed by atoms with Crippen molar-refractivity contribution in [3.8, 4) is 5.75 Å². The molecule has 128 valence electrons. The van der Waals surface area contributed by atoms with Gasteiger partial charge in [-0.1, -0.05) is 25.7 Å². The molecule has 0 bridgehead atoms. The number of methoxy groups -OCH3 is 1. The van der Waals surface area contributed by atoms with Crippen LogP contribution in [0.2, 0.25) is 0 Å². The van der Waals surface area contributed by atoms with Crippen molar-refractivity contribution in [2.45, 2.75) is 50.7 Å². The molecule has 1 aromatic carbocycles. The van der Waals surface area contributed by atoms with Gasteiger partial charge in [0, 0.05) is 6.42 Å². The summed E-state index contributed by atoms with van der Waals surface area (Å²) in [7, 11) is 1.52. The average Bonchev–Trinajstić information content (AvgIpc) is 3.33. The normalized spacial score (nSPS) is 17.2. The first-order chi connectivity index (χ1) is 10.9. The highest BCUT2D eigenvalue weighted by molar-refractivity contribution is 5.96. The van der Waals surface area contributed by atoms with E-state index >= 15 is 0 Å². The van der Waals surface area contributed by atoms with Crippen molar-refractivity contribution >= 4 is 11.4 Å². The number of nitrogens with two attached hydrogens (primary N) is 1. The fourth-order valence-electron chi connectivity index (χ4n) is 2.47. The highest BCUT2D eigenvalue weighted by atomic mass is 19.3. The Morgan fingerprint density at radius 1 is 1.35 bits per heavy atom. The summed E-state index contributed by atoms with van der Waals surface area (Å²) in [5, 5.41) is 9.51. The quantitative estimate of drug-likeness (QED) is 0.413. The van der Waals surface area contributed by atoms with Crippen LogP contribution in [-0.2, 0) is 0 Å². The fourth-order valence-corrected chi connectivity index (χ4v) is 2.47. The van der Waals surface area contributed by atoms with Crippen molar-refractivity contribution < 1.29 is 18.6 Å². The lowest BCUT2D eigenvalue weighted by Gasteiger charge is -2.21. The Labute approximate surface area is 135 Å². The molecule has 0 amide bonds. The molecular formula is C17H24F2N2O2. The lowest BCUT2D eigenvalue weighted by Crippen LogP contribution is -2.43. The number of unbranched alkanes of at least 4 members (excludes halogenated alkanes) is 1. The minimum Gasteiger partial charge on any atom is -0.497 e. The Kier molecular flexibility index (Phi) is 6.07. The second-order valence-corrected chi connectivity index (χ2v) is 6.03. The van der Waals surface area contributed by atoms with Gasteiger partial charge < -0.3 is 15.6 Å². The van der Waals surface area contributed by atoms with Crippen LogP contribution in [0, 0.1) is 5.92 Å². The van der Waals surface area contributed by atoms with Gasteiger partial charge in [0.05, 0.1) is 12.8 Å². The lowest BCUT2D eigenvalue weighted by atomic mass is 10.0. The number of alkyl halides is 2. The maximum atomic E-state index is 14.3. The van der Waals surface area contributed by atoms with Gasteiger partial charge in [0.2, 0.25) is 0 Å². The summed E-state index contributed by atoms with van der Waals surface area (Å²) < 4.78 is 33.6. The van der Waals surface area contributed by atoms with E-state index in [9.17, 15) is 13.9 Å². The molecule has 4 nitrogen and oxygen atoms in total. The summed E-state index contributed by atoms with van der Waals surface area (Å²) in [5.41, 5.74) is 4.93. The number of rotatable bonds is 9. The number of ether oxygens (including phenoxy) is 1. The van der Waals surface area contributed by atoms with Crippen molar-refractivity contribution in [3.05, 3.63) is 24.3 Å². The molecular weight excluding hydrogens is 302 g/mol. The SMILES string of the molecule is COc1ccc(/N=C(\C(N)O)C(F)(F)CCCCC2CC2)cc1. The molecule has 2 rings (SSSR count). The molecule has 0 radical (unpaired) electrons. The maximum Gasteiger partial charge on any atom is 0.289 e. The van der Waals surface area contributed by atoms with Gasteiger partial charge in [-0.25, -0.2) is 4.99 Å². The van der Waals surface area contributed by atoms with Crippen molar-refractivity contribution in [2.24, 2.45) is 16.6 Å². The van der Waals surface area contributed by atoms with Gasteiger partial charge >= 0.3 is 0 Å². The molecule has 0 saturated heterocycles. The maximum absolute atomic E-state index is 14.3. The molecule has 1 aromatic rings. The van der Waals surface area contributed by atoms with Crippen LogP contribution in [0.4, 0.5) is 14.5 Å². The van der Waals surface area contributed by atoms with Gasteiger partial charge in [0.15, 0.2) is 0 Å². The average molecular weight is 326 g/mol. The number of aliphatic hydroxyl groups is 1. The van der Waals surface area contributed by atoms with Gasteiger partial charge in [0.25, 0.3) is 5.92 Å². The highest BCUT2D eigenvalue weighted by Crippen LogP contribution is 2.35. The van der Waals surface area contributed by atoms with Gasteiger partial charge in [-0.05, 0) is 36.6 Å². The summed E-state index contributed by atoms with van der Waals surface area (Å²) in [4.78, 5) is 3.87. The third kappa shape index (κ3) is 5.55. The van der Waals surface area contributed by atoms with Crippen LogP contribution >= 0.6 is 0 Å². The van der Waals surface area contributed by atoms with E-state index < -0.39 is 17.9 Å². The van der Waals surface area contributed by atoms with Crippen LogP contribution in [-0.4, -0.2) is 30.1 Å². The Balaban J connectivity index is 2.02. The first kappa shape index (κ1) is 17.8. The van der Waals surface area contributed by atoms with Crippen molar-refractivity contribution in [3.63, 3.8) is 0 Å². The zero-order chi connectivity index (χ0) is 16.9. The van der Waals surface area contributed by atoms with Gasteiger partial charge in [0.1, 0.15) is 17.7 Å². The van der Waals surface area contributed by atoms with E-state index in [0.717, 1.165) is 18.8 Å². The summed E-state index contributed by atoms with van der Waals surface area (Å²) in [6, 6.07) is 6.33. The number of hydrogen-bond donors (Lipinski definition) is 2. The number of halogens is 2. The minimum absolute atomic E-state index is 0.308. The number of aliphatic imine (C=N–C) groups is 1. The van der Waals surface area contributed by atoms with Crippen LogP contribution in [0.25, 0.3) is 0 Å². The third-order valence-corrected chi connectivity index (χ3v) is 4.03. The molecule has 0 heterocycles. The van der Waals surface area contributed by atoms with E-state index in [-0.39, 0.29) is 6.42 Å². The van der Waals surface area contributed by atoms with Crippen LogP contribution in [0.1, 0.15) is 38.5 Å². The van der Waals surface area contributed by atoms with Crippen molar-refractivity contribution in [1.82, 2.24) is 0 Å². The van der Waals surface area contributed by atoms with Crippen LogP contribution < -0.4 is 10.5 Å². The Hall–Kier alpha value is -1.53. The molecule has 1 fully saturated rings. The van der Waals surface area contributed by atoms with Gasteiger partial charge in [-0.2, -0.15) is 8.78 Å². The number of nitrogens with zero attached hydrogens (tertiary/aromatic N) is 1. The molecule has 1 saturated carbocycles. The Bertz CT molecular complexity index is 526. The van der Waals surface area contributed by atoms with E-state index in [1.54, 1.807) is 24.3 Å². The van der Waals surface area contributed by atoms with E-state index in [1.165, 1.54) is 20.0 Å². The zero-order valence-corrected chi connectivity index (χ0v) is 13.3. The Morgan fingerprint density at radius 2 is 2.00 bits per heavy atom. The lowest BCUT2D eigenvalue weighted by molar-refractivity contribution is 0.0516. The van der Waals surface area contributed by atoms with E-state index in [2.05, 4.69) is 4.99 Å². The number of hydrogen-bond acceptors (Lipinski definition) is 4. The van der Waals surface area contributed by atoms with Gasteiger partial charge in [-0.15, -0.1) is 0 Å². The molecule has 0 aromatic heterocycles. The molecule has 23 heavy (non-hydrogen) atoms. The number of aliphatic hydroxyl groups excluding tert-OH is 1. The highest BCUT2D eigenvalue weighted by Gasteiger charge is 2.38. The monoisotopic (exact) mass is 326 g/mol. The summed E-state index contributed by atoms with van der Waals surface area (Å²) in [6.07, 6.45) is 2.50. The molecule has 0 spiro atoms. The van der Waals surface area contributed by atoms with Crippen LogP contribution in [0.3, 0.4) is 0 Å². The van der Waals surface area contributed by atoms with Crippen molar-refractivity contribution in [1.29, 1.82) is 0 Å². The van der Waals surface area contributed by atoms with Gasteiger partial charge in [-0.3, -0.25) is 0 Å².